The summed E-state index contributed by atoms with van der Waals surface area (Å²) in [5, 5.41) is 0. The second kappa shape index (κ2) is 9.75. The summed E-state index contributed by atoms with van der Waals surface area (Å²) in [5.74, 6) is -0.351. The van der Waals surface area contributed by atoms with Crippen molar-refractivity contribution in [2.24, 2.45) is 0 Å². The number of aryl methyl sites for hydroxylation is 1. The lowest BCUT2D eigenvalue weighted by atomic mass is 10.2. The molecule has 1 fully saturated rings. The summed E-state index contributed by atoms with van der Waals surface area (Å²) in [6, 6.07) is 15.8. The molecule has 1 amide bonds. The summed E-state index contributed by atoms with van der Waals surface area (Å²) in [6.45, 7) is 1.60. The van der Waals surface area contributed by atoms with Gasteiger partial charge in [0.05, 0.1) is 30.6 Å². The summed E-state index contributed by atoms with van der Waals surface area (Å²) in [6.07, 6.45) is 0.367. The third-order valence-electron chi connectivity index (χ3n) is 4.89. The number of anilines is 1. The van der Waals surface area contributed by atoms with E-state index in [9.17, 15) is 18.0 Å². The van der Waals surface area contributed by atoms with Gasteiger partial charge in [0.15, 0.2) is 16.4 Å². The Bertz CT molecular complexity index is 990. The first-order valence-corrected chi connectivity index (χ1v) is 11.6. The molecule has 3 rings (SSSR count). The van der Waals surface area contributed by atoms with Crippen molar-refractivity contribution in [2.75, 3.05) is 29.6 Å². The summed E-state index contributed by atoms with van der Waals surface area (Å²) in [7, 11) is -3.17. The zero-order valence-electron chi connectivity index (χ0n) is 16.8. The Balaban J connectivity index is 1.55. The van der Waals surface area contributed by atoms with Crippen LogP contribution in [0, 0.1) is 6.92 Å². The van der Waals surface area contributed by atoms with Crippen LogP contribution in [0.3, 0.4) is 0 Å². The van der Waals surface area contributed by atoms with Crippen LogP contribution in [0.15, 0.2) is 54.6 Å². The maximum atomic E-state index is 12.8. The number of carbonyl (C=O) groups is 2. The molecule has 0 radical (unpaired) electrons. The molecule has 1 atom stereocenters. The van der Waals surface area contributed by atoms with Gasteiger partial charge in [0, 0.05) is 5.69 Å². The van der Waals surface area contributed by atoms with E-state index in [1.807, 2.05) is 37.3 Å². The molecule has 1 heterocycles. The number of rotatable bonds is 8. The van der Waals surface area contributed by atoms with E-state index in [4.69, 9.17) is 9.47 Å². The molecule has 2 aromatic carbocycles. The van der Waals surface area contributed by atoms with Gasteiger partial charge < -0.3 is 14.4 Å². The third kappa shape index (κ3) is 5.82. The molecule has 0 spiro atoms. The highest BCUT2D eigenvalue weighted by Gasteiger charge is 2.35. The smallest absolute Gasteiger partial charge is 0.309 e. The molecular weight excluding hydrogens is 406 g/mol. The standard InChI is InChI=1S/C22H25NO6S/c1-17-7-5-6-10-20(17)28-13-11-22(25)29-15-21(24)23(18-8-3-2-4-9-18)19-12-14-30(26,27)16-19/h2-10,19H,11-16H2,1H3. The second-order valence-electron chi connectivity index (χ2n) is 7.18. The van der Waals surface area contributed by atoms with Crippen molar-refractivity contribution < 1.29 is 27.5 Å². The minimum Gasteiger partial charge on any atom is -0.493 e. The van der Waals surface area contributed by atoms with Gasteiger partial charge in [0.25, 0.3) is 5.91 Å². The van der Waals surface area contributed by atoms with Crippen molar-refractivity contribution >= 4 is 27.4 Å². The van der Waals surface area contributed by atoms with E-state index in [0.717, 1.165) is 5.56 Å². The van der Waals surface area contributed by atoms with Crippen LogP contribution in [0.5, 0.6) is 5.75 Å². The Labute approximate surface area is 176 Å². The molecule has 7 nitrogen and oxygen atoms in total. The van der Waals surface area contributed by atoms with Crippen molar-refractivity contribution in [3.05, 3.63) is 60.2 Å². The largest absolute Gasteiger partial charge is 0.493 e. The van der Waals surface area contributed by atoms with Gasteiger partial charge >= 0.3 is 5.97 Å². The highest BCUT2D eigenvalue weighted by atomic mass is 32.2. The molecule has 0 bridgehead atoms. The van der Waals surface area contributed by atoms with Crippen LogP contribution in [0.25, 0.3) is 0 Å². The maximum Gasteiger partial charge on any atom is 0.309 e. The van der Waals surface area contributed by atoms with E-state index in [-0.39, 0.29) is 24.5 Å². The zero-order valence-corrected chi connectivity index (χ0v) is 17.6. The first-order chi connectivity index (χ1) is 14.4. The van der Waals surface area contributed by atoms with Crippen LogP contribution in [-0.4, -0.2) is 51.1 Å². The van der Waals surface area contributed by atoms with E-state index in [2.05, 4.69) is 0 Å². The Morgan fingerprint density at radius 3 is 2.43 bits per heavy atom. The number of esters is 1. The number of amides is 1. The quantitative estimate of drug-likeness (QED) is 0.597. The van der Waals surface area contributed by atoms with E-state index in [0.29, 0.717) is 17.9 Å². The SMILES string of the molecule is Cc1ccccc1OCCC(=O)OCC(=O)N(c1ccccc1)C1CCS(=O)(=O)C1. The summed E-state index contributed by atoms with van der Waals surface area (Å²) < 4.78 is 34.5. The van der Waals surface area contributed by atoms with Crippen molar-refractivity contribution in [3.63, 3.8) is 0 Å². The fraction of sp³-hybridized carbons (Fsp3) is 0.364. The minimum absolute atomic E-state index is 0.00472. The van der Waals surface area contributed by atoms with Gasteiger partial charge in [-0.05, 0) is 37.1 Å². The van der Waals surface area contributed by atoms with Crippen molar-refractivity contribution in [1.82, 2.24) is 0 Å². The lowest BCUT2D eigenvalue weighted by molar-refractivity contribution is -0.148. The lowest BCUT2D eigenvalue weighted by Crippen LogP contribution is -2.43. The predicted octanol–water partition coefficient (Wildman–Crippen LogP) is 2.53. The highest BCUT2D eigenvalue weighted by Crippen LogP contribution is 2.24. The molecule has 0 aliphatic carbocycles. The number of para-hydroxylation sites is 2. The number of carbonyl (C=O) groups excluding carboxylic acids is 2. The Morgan fingerprint density at radius 1 is 1.07 bits per heavy atom. The third-order valence-corrected chi connectivity index (χ3v) is 6.64. The summed E-state index contributed by atoms with van der Waals surface area (Å²) >= 11 is 0. The van der Waals surface area contributed by atoms with Crippen LogP contribution < -0.4 is 9.64 Å². The number of nitrogens with zero attached hydrogens (tertiary/aromatic N) is 1. The first-order valence-electron chi connectivity index (χ1n) is 9.77. The highest BCUT2D eigenvalue weighted by molar-refractivity contribution is 7.91. The van der Waals surface area contributed by atoms with Crippen LogP contribution in [0.1, 0.15) is 18.4 Å². The van der Waals surface area contributed by atoms with Gasteiger partial charge in [0.1, 0.15) is 5.75 Å². The molecule has 0 aromatic heterocycles. The van der Waals surface area contributed by atoms with Crippen LogP contribution >= 0.6 is 0 Å². The molecule has 1 aliphatic rings. The second-order valence-corrected chi connectivity index (χ2v) is 9.41. The van der Waals surface area contributed by atoms with Crippen LogP contribution in [0.4, 0.5) is 5.69 Å². The average molecular weight is 432 g/mol. The number of hydrogen-bond acceptors (Lipinski definition) is 6. The van der Waals surface area contributed by atoms with E-state index in [1.165, 1.54) is 4.90 Å². The van der Waals surface area contributed by atoms with Crippen LogP contribution in [0.2, 0.25) is 0 Å². The molecular formula is C22H25NO6S. The fourth-order valence-electron chi connectivity index (χ4n) is 3.37. The normalized spacial score (nSPS) is 17.3. The zero-order chi connectivity index (χ0) is 21.6. The molecule has 1 saturated heterocycles. The Morgan fingerprint density at radius 2 is 1.77 bits per heavy atom. The molecule has 2 aromatic rings. The predicted molar refractivity (Wildman–Crippen MR) is 113 cm³/mol. The van der Waals surface area contributed by atoms with Crippen molar-refractivity contribution in [3.8, 4) is 5.75 Å². The Kier molecular flexibility index (Phi) is 7.10. The van der Waals surface area contributed by atoms with Crippen LogP contribution in [-0.2, 0) is 24.2 Å². The molecule has 0 saturated carbocycles. The summed E-state index contributed by atoms with van der Waals surface area (Å²) in [4.78, 5) is 26.3. The average Bonchev–Trinajstić information content (AvgIpc) is 3.08. The van der Waals surface area contributed by atoms with Gasteiger partial charge in [0.2, 0.25) is 0 Å². The van der Waals surface area contributed by atoms with Crippen molar-refractivity contribution in [1.29, 1.82) is 0 Å². The van der Waals surface area contributed by atoms with E-state index >= 15 is 0 Å². The topological polar surface area (TPSA) is 90.0 Å². The summed E-state index contributed by atoms with van der Waals surface area (Å²) in [5.41, 5.74) is 1.55. The van der Waals surface area contributed by atoms with E-state index in [1.54, 1.807) is 24.3 Å². The van der Waals surface area contributed by atoms with Gasteiger partial charge in [-0.25, -0.2) is 8.42 Å². The van der Waals surface area contributed by atoms with Gasteiger partial charge in [-0.1, -0.05) is 36.4 Å². The molecule has 30 heavy (non-hydrogen) atoms. The van der Waals surface area contributed by atoms with Gasteiger partial charge in [-0.3, -0.25) is 9.59 Å². The lowest BCUT2D eigenvalue weighted by Gasteiger charge is -2.28. The minimum atomic E-state index is -3.17. The Hall–Kier alpha value is -2.87. The molecule has 0 N–H and O–H groups in total. The number of benzene rings is 2. The number of hydrogen-bond donors (Lipinski definition) is 0. The monoisotopic (exact) mass is 431 g/mol. The van der Waals surface area contributed by atoms with Gasteiger partial charge in [-0.15, -0.1) is 0 Å². The molecule has 160 valence electrons. The first kappa shape index (κ1) is 21.8. The van der Waals surface area contributed by atoms with Gasteiger partial charge in [-0.2, -0.15) is 0 Å². The maximum absolute atomic E-state index is 12.8. The molecule has 1 unspecified atom stereocenters. The fourth-order valence-corrected chi connectivity index (χ4v) is 5.07. The molecule has 1 aliphatic heterocycles. The van der Waals surface area contributed by atoms with Crippen molar-refractivity contribution in [2.45, 2.75) is 25.8 Å². The number of sulfone groups is 1. The molecule has 8 heteroatoms. The van der Waals surface area contributed by atoms with E-state index < -0.39 is 34.4 Å². The number of ether oxygens (including phenoxy) is 2.